The van der Waals surface area contributed by atoms with E-state index >= 15 is 0 Å². The Bertz CT molecular complexity index is 350. The second-order valence-corrected chi connectivity index (χ2v) is 4.44. The molecule has 0 saturated heterocycles. The highest BCUT2D eigenvalue weighted by molar-refractivity contribution is 5.30. The molecule has 0 fully saturated rings. The van der Waals surface area contributed by atoms with E-state index in [9.17, 15) is 5.11 Å². The topological polar surface area (TPSA) is 33.1 Å². The Morgan fingerprint density at radius 1 is 1.19 bits per heavy atom. The van der Waals surface area contributed by atoms with Gasteiger partial charge in [-0.3, -0.25) is 4.98 Å². The standard InChI is InChI=1S/C9H14O.C5H5N/c1-7-4-8(2)6-9(3,10)5-7;1-2-4-6-5-3-1/h4-5,10H,6H2,1-3H3;1-5H. The van der Waals surface area contributed by atoms with Crippen LogP contribution in [-0.4, -0.2) is 15.7 Å². The van der Waals surface area contributed by atoms with Crippen LogP contribution in [0.3, 0.4) is 0 Å². The molecule has 1 heterocycles. The van der Waals surface area contributed by atoms with Crippen molar-refractivity contribution in [3.05, 3.63) is 53.9 Å². The van der Waals surface area contributed by atoms with Crippen molar-refractivity contribution in [1.29, 1.82) is 0 Å². The van der Waals surface area contributed by atoms with E-state index in [0.717, 1.165) is 12.0 Å². The average Bonchev–Trinajstić information content (AvgIpc) is 2.17. The fourth-order valence-electron chi connectivity index (χ4n) is 1.90. The lowest BCUT2D eigenvalue weighted by atomic mass is 9.89. The number of hydrogen-bond donors (Lipinski definition) is 1. The van der Waals surface area contributed by atoms with Crippen LogP contribution in [0.15, 0.2) is 53.9 Å². The molecule has 0 aromatic carbocycles. The minimum Gasteiger partial charge on any atom is -0.386 e. The van der Waals surface area contributed by atoms with E-state index in [0.29, 0.717) is 0 Å². The molecular formula is C14H19NO. The number of pyridine rings is 1. The van der Waals surface area contributed by atoms with Gasteiger partial charge in [-0.25, -0.2) is 0 Å². The number of allylic oxidation sites excluding steroid dienone is 2. The summed E-state index contributed by atoms with van der Waals surface area (Å²) in [5.74, 6) is 0. The van der Waals surface area contributed by atoms with Crippen molar-refractivity contribution in [3.8, 4) is 0 Å². The number of rotatable bonds is 0. The summed E-state index contributed by atoms with van der Waals surface area (Å²) in [4.78, 5) is 3.78. The molecule has 0 saturated carbocycles. The number of nitrogens with zero attached hydrogens (tertiary/aromatic N) is 1. The van der Waals surface area contributed by atoms with Gasteiger partial charge in [0, 0.05) is 18.8 Å². The predicted octanol–water partition coefficient (Wildman–Crippen LogP) is 3.12. The summed E-state index contributed by atoms with van der Waals surface area (Å²) < 4.78 is 0. The quantitative estimate of drug-likeness (QED) is 0.724. The molecule has 0 bridgehead atoms. The molecule has 1 aliphatic rings. The third-order valence-electron chi connectivity index (χ3n) is 2.22. The van der Waals surface area contributed by atoms with Crippen LogP contribution in [0.4, 0.5) is 0 Å². The highest BCUT2D eigenvalue weighted by Gasteiger charge is 2.20. The van der Waals surface area contributed by atoms with Gasteiger partial charge in [-0.05, 0) is 32.9 Å². The molecule has 2 nitrogen and oxygen atoms in total. The smallest absolute Gasteiger partial charge is 0.0842 e. The van der Waals surface area contributed by atoms with Gasteiger partial charge in [-0.1, -0.05) is 29.4 Å². The maximum atomic E-state index is 9.60. The van der Waals surface area contributed by atoms with Gasteiger partial charge in [0.05, 0.1) is 5.60 Å². The SMILES string of the molecule is CC1=CC(C)(O)CC(C)=C1.c1ccncc1. The summed E-state index contributed by atoms with van der Waals surface area (Å²) in [6.07, 6.45) is 8.28. The Balaban J connectivity index is 0.000000181. The zero-order chi connectivity index (χ0) is 12.0. The first-order chi connectivity index (χ1) is 7.49. The molecule has 2 heteroatoms. The fourth-order valence-corrected chi connectivity index (χ4v) is 1.90. The zero-order valence-electron chi connectivity index (χ0n) is 10.1. The highest BCUT2D eigenvalue weighted by Crippen LogP contribution is 2.25. The van der Waals surface area contributed by atoms with Crippen molar-refractivity contribution < 1.29 is 5.11 Å². The fraction of sp³-hybridized carbons (Fsp3) is 0.357. The van der Waals surface area contributed by atoms with Gasteiger partial charge in [0.15, 0.2) is 0 Å². The van der Waals surface area contributed by atoms with E-state index in [1.54, 1.807) is 12.4 Å². The van der Waals surface area contributed by atoms with Crippen LogP contribution in [0.5, 0.6) is 0 Å². The summed E-state index contributed by atoms with van der Waals surface area (Å²) in [5, 5.41) is 9.60. The summed E-state index contributed by atoms with van der Waals surface area (Å²) in [6.45, 7) is 5.90. The third kappa shape index (κ3) is 4.89. The van der Waals surface area contributed by atoms with E-state index in [2.05, 4.69) is 11.1 Å². The lowest BCUT2D eigenvalue weighted by Gasteiger charge is -2.23. The molecule has 0 amide bonds. The van der Waals surface area contributed by atoms with Crippen LogP contribution in [0.2, 0.25) is 0 Å². The summed E-state index contributed by atoms with van der Waals surface area (Å²) in [5.41, 5.74) is 1.81. The Labute approximate surface area is 97.4 Å². The van der Waals surface area contributed by atoms with Gasteiger partial charge >= 0.3 is 0 Å². The minimum atomic E-state index is -0.608. The Morgan fingerprint density at radius 2 is 1.81 bits per heavy atom. The van der Waals surface area contributed by atoms with E-state index < -0.39 is 5.60 Å². The molecule has 1 aromatic heterocycles. The molecule has 0 aliphatic heterocycles. The lowest BCUT2D eigenvalue weighted by Crippen LogP contribution is -2.23. The monoisotopic (exact) mass is 217 g/mol. The van der Waals surface area contributed by atoms with Crippen LogP contribution in [-0.2, 0) is 0 Å². The molecule has 1 atom stereocenters. The summed E-state index contributed by atoms with van der Waals surface area (Å²) in [7, 11) is 0. The van der Waals surface area contributed by atoms with Crippen molar-refractivity contribution in [3.63, 3.8) is 0 Å². The molecule has 1 aliphatic carbocycles. The average molecular weight is 217 g/mol. The third-order valence-corrected chi connectivity index (χ3v) is 2.22. The molecule has 1 N–H and O–H groups in total. The second-order valence-electron chi connectivity index (χ2n) is 4.44. The van der Waals surface area contributed by atoms with Gasteiger partial charge in [-0.15, -0.1) is 0 Å². The second kappa shape index (κ2) is 5.61. The van der Waals surface area contributed by atoms with Crippen molar-refractivity contribution in [2.45, 2.75) is 32.8 Å². The van der Waals surface area contributed by atoms with Crippen molar-refractivity contribution in [2.24, 2.45) is 0 Å². The van der Waals surface area contributed by atoms with E-state index in [1.807, 2.05) is 45.0 Å². The molecule has 0 spiro atoms. The molecular weight excluding hydrogens is 198 g/mol. The maximum Gasteiger partial charge on any atom is 0.0842 e. The number of aromatic nitrogens is 1. The Kier molecular flexibility index (Phi) is 4.44. The van der Waals surface area contributed by atoms with E-state index in [1.165, 1.54) is 5.57 Å². The number of aliphatic hydroxyl groups is 1. The molecule has 1 unspecified atom stereocenters. The molecule has 2 rings (SSSR count). The van der Waals surface area contributed by atoms with Gasteiger partial charge in [0.1, 0.15) is 0 Å². The van der Waals surface area contributed by atoms with E-state index in [4.69, 9.17) is 0 Å². The summed E-state index contributed by atoms with van der Waals surface area (Å²) in [6, 6.07) is 5.72. The molecule has 1 aromatic rings. The maximum absolute atomic E-state index is 9.60. The molecule has 0 radical (unpaired) electrons. The lowest BCUT2D eigenvalue weighted by molar-refractivity contribution is 0.110. The predicted molar refractivity (Wildman–Crippen MR) is 67.0 cm³/mol. The van der Waals surface area contributed by atoms with Gasteiger partial charge in [0.25, 0.3) is 0 Å². The van der Waals surface area contributed by atoms with Crippen LogP contribution in [0, 0.1) is 0 Å². The summed E-state index contributed by atoms with van der Waals surface area (Å²) >= 11 is 0. The van der Waals surface area contributed by atoms with E-state index in [-0.39, 0.29) is 0 Å². The largest absolute Gasteiger partial charge is 0.386 e. The van der Waals surface area contributed by atoms with Gasteiger partial charge in [0.2, 0.25) is 0 Å². The normalized spacial score (nSPS) is 23.8. The Hall–Kier alpha value is -1.41. The molecule has 16 heavy (non-hydrogen) atoms. The van der Waals surface area contributed by atoms with Crippen LogP contribution >= 0.6 is 0 Å². The van der Waals surface area contributed by atoms with Gasteiger partial charge < -0.3 is 5.11 Å². The first kappa shape index (κ1) is 12.7. The van der Waals surface area contributed by atoms with Crippen LogP contribution in [0.1, 0.15) is 27.2 Å². The Morgan fingerprint density at radius 3 is 2.12 bits per heavy atom. The number of hydrogen-bond acceptors (Lipinski definition) is 2. The first-order valence-electron chi connectivity index (χ1n) is 5.44. The van der Waals surface area contributed by atoms with Crippen molar-refractivity contribution >= 4 is 0 Å². The minimum absolute atomic E-state index is 0.608. The van der Waals surface area contributed by atoms with Crippen LogP contribution in [0.25, 0.3) is 0 Å². The van der Waals surface area contributed by atoms with Gasteiger partial charge in [-0.2, -0.15) is 0 Å². The molecule has 86 valence electrons. The highest BCUT2D eigenvalue weighted by atomic mass is 16.3. The van der Waals surface area contributed by atoms with Crippen LogP contribution < -0.4 is 0 Å². The zero-order valence-corrected chi connectivity index (χ0v) is 10.1. The van der Waals surface area contributed by atoms with Crippen molar-refractivity contribution in [1.82, 2.24) is 4.98 Å². The first-order valence-corrected chi connectivity index (χ1v) is 5.44. The van der Waals surface area contributed by atoms with Crippen molar-refractivity contribution in [2.75, 3.05) is 0 Å².